The molecule has 0 saturated carbocycles. The molecule has 81 valence electrons. The summed E-state index contributed by atoms with van der Waals surface area (Å²) in [6.07, 6.45) is 3.11. The molecule has 2 N–H and O–H groups in total. The number of hydrogen-bond acceptors (Lipinski definition) is 3. The fourth-order valence-electron chi connectivity index (χ4n) is 1.70. The second-order valence-electron chi connectivity index (χ2n) is 3.45. The Morgan fingerprint density at radius 3 is 2.50 bits per heavy atom. The average Bonchev–Trinajstić information content (AvgIpc) is 2.17. The van der Waals surface area contributed by atoms with Gasteiger partial charge in [0.25, 0.3) is 10.1 Å². The number of benzene rings is 1. The summed E-state index contributed by atoms with van der Waals surface area (Å²) in [7, 11) is -4.53. The fourth-order valence-corrected chi connectivity index (χ4v) is 2.47. The van der Waals surface area contributed by atoms with Crippen LogP contribution in [0.4, 0.5) is 0 Å². The third-order valence-electron chi connectivity index (χ3n) is 2.50. The van der Waals surface area contributed by atoms with Gasteiger partial charge in [0.05, 0.1) is 0 Å². The summed E-state index contributed by atoms with van der Waals surface area (Å²) in [5.74, 6) is 0. The van der Waals surface area contributed by atoms with Crippen LogP contribution in [-0.2, 0) is 15.1 Å². The van der Waals surface area contributed by atoms with Gasteiger partial charge in [0, 0.05) is 41.5 Å². The van der Waals surface area contributed by atoms with Crippen molar-refractivity contribution < 1.29 is 18.1 Å². The Bertz CT molecular complexity index is 523. The first-order chi connectivity index (χ1) is 6.95. The molecule has 0 spiro atoms. The Hall–Kier alpha value is -0.170. The topological polar surface area (TPSA) is 74.6 Å². The summed E-state index contributed by atoms with van der Waals surface area (Å²) >= 11 is 0. The molecule has 0 heterocycles. The van der Waals surface area contributed by atoms with Crippen LogP contribution in [0.15, 0.2) is 30.3 Å². The molecular formula is C10H10NaO4S. The Labute approximate surface area is 116 Å². The molecule has 16 heavy (non-hydrogen) atoms. The van der Waals surface area contributed by atoms with Crippen molar-refractivity contribution in [2.45, 2.75) is 11.4 Å². The van der Waals surface area contributed by atoms with E-state index < -0.39 is 15.1 Å². The Balaban J connectivity index is 0.00000128. The van der Waals surface area contributed by atoms with Crippen LogP contribution in [0.1, 0.15) is 17.5 Å². The first-order valence-corrected chi connectivity index (χ1v) is 5.84. The molecule has 4 nitrogen and oxygen atoms in total. The van der Waals surface area contributed by atoms with Gasteiger partial charge in [-0.05, 0) is 5.56 Å². The molecule has 1 aromatic carbocycles. The van der Waals surface area contributed by atoms with Crippen molar-refractivity contribution in [3.63, 3.8) is 0 Å². The summed E-state index contributed by atoms with van der Waals surface area (Å²) in [5, 5.41) is 9.97. The molecular weight excluding hydrogens is 239 g/mol. The van der Waals surface area contributed by atoms with E-state index in [1.807, 2.05) is 0 Å². The van der Waals surface area contributed by atoms with E-state index in [2.05, 4.69) is 0 Å². The summed E-state index contributed by atoms with van der Waals surface area (Å²) in [5.41, 5.74) is 0.818. The zero-order valence-electron chi connectivity index (χ0n) is 8.79. The molecule has 0 aliphatic heterocycles. The van der Waals surface area contributed by atoms with Gasteiger partial charge in [-0.25, -0.2) is 0 Å². The van der Waals surface area contributed by atoms with E-state index in [0.717, 1.165) is 0 Å². The number of rotatable bonds is 1. The van der Waals surface area contributed by atoms with Crippen LogP contribution in [0, 0.1) is 0 Å². The molecule has 0 amide bonds. The van der Waals surface area contributed by atoms with E-state index in [-0.39, 0.29) is 41.5 Å². The van der Waals surface area contributed by atoms with Crippen molar-refractivity contribution in [1.29, 1.82) is 0 Å². The van der Waals surface area contributed by atoms with Crippen LogP contribution in [-0.4, -0.2) is 47.6 Å². The zero-order valence-corrected chi connectivity index (χ0v) is 11.6. The maximum atomic E-state index is 11.1. The average molecular weight is 249 g/mol. The fraction of sp³-hybridized carbons (Fsp3) is 0.200. The van der Waals surface area contributed by atoms with Gasteiger partial charge < -0.3 is 5.11 Å². The van der Waals surface area contributed by atoms with Gasteiger partial charge in [-0.1, -0.05) is 36.4 Å². The molecule has 0 aromatic heterocycles. The summed E-state index contributed by atoms with van der Waals surface area (Å²) < 4.78 is 31.3. The number of aliphatic hydroxyl groups is 1. The maximum Gasteiger partial charge on any atom is 0.299 e. The second kappa shape index (κ2) is 4.60. The second-order valence-corrected chi connectivity index (χ2v) is 5.08. The molecule has 1 aromatic rings. The molecule has 6 heteroatoms. The predicted octanol–water partition coefficient (Wildman–Crippen LogP) is 0.756. The van der Waals surface area contributed by atoms with Crippen molar-refractivity contribution in [2.24, 2.45) is 0 Å². The normalized spacial score (nSPS) is 23.4. The number of hydrogen-bond donors (Lipinski definition) is 2. The van der Waals surface area contributed by atoms with Crippen LogP contribution in [0.3, 0.4) is 0 Å². The van der Waals surface area contributed by atoms with E-state index >= 15 is 0 Å². The predicted molar refractivity (Wildman–Crippen MR) is 61.3 cm³/mol. The molecule has 2 rings (SSSR count). The number of fused-ring (bicyclic) bond motifs is 1. The van der Waals surface area contributed by atoms with Gasteiger partial charge in [0.1, 0.15) is 0 Å². The molecule has 0 saturated heterocycles. The smallest absolute Gasteiger partial charge is 0.299 e. The van der Waals surface area contributed by atoms with Gasteiger partial charge >= 0.3 is 0 Å². The van der Waals surface area contributed by atoms with E-state index in [1.54, 1.807) is 24.3 Å². The quantitative estimate of drug-likeness (QED) is 0.569. The van der Waals surface area contributed by atoms with Gasteiger partial charge in [0.15, 0.2) is 0 Å². The van der Waals surface area contributed by atoms with Crippen LogP contribution >= 0.6 is 0 Å². The van der Waals surface area contributed by atoms with Gasteiger partial charge in [-0.3, -0.25) is 4.55 Å². The molecule has 1 aliphatic rings. The van der Waals surface area contributed by atoms with Crippen molar-refractivity contribution in [1.82, 2.24) is 0 Å². The molecule has 1 radical (unpaired) electrons. The minimum absolute atomic E-state index is 0. The Kier molecular flexibility index (Phi) is 3.99. The molecule has 1 atom stereocenters. The standard InChI is InChI=1S/C10H10O4S.Na/c11-10(15(12,13)14)7-3-5-8-4-1-2-6-9(8)10;/h1-6,11H,7H2,(H,12,13,14);. The molecule has 0 fully saturated rings. The third-order valence-corrected chi connectivity index (χ3v) is 3.74. The van der Waals surface area contributed by atoms with E-state index in [1.165, 1.54) is 12.1 Å². The summed E-state index contributed by atoms with van der Waals surface area (Å²) in [6, 6.07) is 6.53. The van der Waals surface area contributed by atoms with Gasteiger partial charge in [-0.15, -0.1) is 0 Å². The van der Waals surface area contributed by atoms with Crippen molar-refractivity contribution in [3.8, 4) is 0 Å². The van der Waals surface area contributed by atoms with Crippen molar-refractivity contribution in [3.05, 3.63) is 41.5 Å². The van der Waals surface area contributed by atoms with Crippen molar-refractivity contribution in [2.75, 3.05) is 0 Å². The summed E-state index contributed by atoms with van der Waals surface area (Å²) in [4.78, 5) is -2.21. The SMILES string of the molecule is O=S(=O)(O)C1(O)CC=Cc2ccccc21.[Na]. The van der Waals surface area contributed by atoms with Crippen LogP contribution in [0.25, 0.3) is 6.08 Å². The third kappa shape index (κ3) is 2.11. The van der Waals surface area contributed by atoms with Crippen LogP contribution < -0.4 is 0 Å². The van der Waals surface area contributed by atoms with Gasteiger partial charge in [0.2, 0.25) is 4.93 Å². The zero-order chi connectivity index (χ0) is 11.1. The van der Waals surface area contributed by atoms with Gasteiger partial charge in [-0.2, -0.15) is 8.42 Å². The van der Waals surface area contributed by atoms with Crippen LogP contribution in [0.2, 0.25) is 0 Å². The molecule has 0 bridgehead atoms. The first kappa shape index (κ1) is 13.9. The van der Waals surface area contributed by atoms with E-state index in [4.69, 9.17) is 4.55 Å². The maximum absolute atomic E-state index is 11.1. The van der Waals surface area contributed by atoms with E-state index in [9.17, 15) is 13.5 Å². The van der Waals surface area contributed by atoms with Crippen LogP contribution in [0.5, 0.6) is 0 Å². The summed E-state index contributed by atoms with van der Waals surface area (Å²) in [6.45, 7) is 0. The molecule has 1 unspecified atom stereocenters. The molecule has 1 aliphatic carbocycles. The minimum atomic E-state index is -4.53. The minimum Gasteiger partial charge on any atom is -0.369 e. The van der Waals surface area contributed by atoms with E-state index in [0.29, 0.717) is 5.56 Å². The first-order valence-electron chi connectivity index (χ1n) is 4.40. The van der Waals surface area contributed by atoms with Crippen molar-refractivity contribution >= 4 is 45.8 Å². The Morgan fingerprint density at radius 2 is 1.88 bits per heavy atom. The largest absolute Gasteiger partial charge is 0.369 e. The Morgan fingerprint density at radius 1 is 1.25 bits per heavy atom. The monoisotopic (exact) mass is 249 g/mol.